The van der Waals surface area contributed by atoms with Gasteiger partial charge in [-0.1, -0.05) is 18.2 Å². The number of hydrogen-bond acceptors (Lipinski definition) is 1. The molecule has 0 amide bonds. The molecule has 1 heterocycles. The lowest BCUT2D eigenvalue weighted by molar-refractivity contribution is 0.147. The highest BCUT2D eigenvalue weighted by Gasteiger charge is 2.37. The number of rotatable bonds is 1. The van der Waals surface area contributed by atoms with E-state index >= 15 is 0 Å². The number of allylic oxidation sites excluding steroid dienone is 4. The highest BCUT2D eigenvalue weighted by atomic mass is 19.1. The lowest BCUT2D eigenvalue weighted by Crippen LogP contribution is -2.34. The third-order valence-electron chi connectivity index (χ3n) is 3.11. The molecule has 1 aliphatic carbocycles. The largest absolute Gasteiger partial charge is 0.316 e. The van der Waals surface area contributed by atoms with Crippen molar-refractivity contribution in [2.45, 2.75) is 19.0 Å². The maximum Gasteiger partial charge on any atom is 0.133 e. The molecule has 0 radical (unpaired) electrons. The molecule has 0 aromatic heterocycles. The molecule has 13 heavy (non-hydrogen) atoms. The second kappa shape index (κ2) is 3.26. The molecule has 0 spiro atoms. The van der Waals surface area contributed by atoms with E-state index in [2.05, 4.69) is 5.32 Å². The minimum absolute atomic E-state index is 0.0625. The Balaban J connectivity index is 2.12. The van der Waals surface area contributed by atoms with E-state index in [0.29, 0.717) is 5.92 Å². The zero-order valence-electron chi connectivity index (χ0n) is 7.96. The minimum Gasteiger partial charge on any atom is -0.316 e. The molecule has 1 nitrogen and oxygen atoms in total. The summed E-state index contributed by atoms with van der Waals surface area (Å²) in [5.41, 5.74) is -1.15. The number of halogens is 1. The zero-order chi connectivity index (χ0) is 9.31. The summed E-state index contributed by atoms with van der Waals surface area (Å²) in [5, 5.41) is 3.28. The normalized spacial score (nSPS) is 44.2. The second-order valence-corrected chi connectivity index (χ2v) is 4.17. The summed E-state index contributed by atoms with van der Waals surface area (Å²) in [6.45, 7) is 3.67. The topological polar surface area (TPSA) is 12.0 Å². The van der Waals surface area contributed by atoms with Gasteiger partial charge >= 0.3 is 0 Å². The highest BCUT2D eigenvalue weighted by molar-refractivity contribution is 5.21. The van der Waals surface area contributed by atoms with Gasteiger partial charge in [0.05, 0.1) is 0 Å². The SMILES string of the molecule is CC1(F)C=CC=CC1C1CCNC1. The van der Waals surface area contributed by atoms with Crippen molar-refractivity contribution >= 4 is 0 Å². The van der Waals surface area contributed by atoms with Crippen LogP contribution in [0.2, 0.25) is 0 Å². The maximum absolute atomic E-state index is 14.0. The van der Waals surface area contributed by atoms with Crippen molar-refractivity contribution in [3.05, 3.63) is 24.3 Å². The van der Waals surface area contributed by atoms with Gasteiger partial charge in [-0.05, 0) is 38.4 Å². The van der Waals surface area contributed by atoms with E-state index in [1.54, 1.807) is 19.1 Å². The number of nitrogens with one attached hydrogen (secondary N) is 1. The Hall–Kier alpha value is -0.630. The van der Waals surface area contributed by atoms with E-state index < -0.39 is 5.67 Å². The third-order valence-corrected chi connectivity index (χ3v) is 3.11. The van der Waals surface area contributed by atoms with Gasteiger partial charge in [0.15, 0.2) is 0 Å². The molecule has 0 aromatic carbocycles. The van der Waals surface area contributed by atoms with Crippen molar-refractivity contribution in [3.63, 3.8) is 0 Å². The van der Waals surface area contributed by atoms with Crippen molar-refractivity contribution in [2.75, 3.05) is 13.1 Å². The Kier molecular flexibility index (Phi) is 2.24. The highest BCUT2D eigenvalue weighted by Crippen LogP contribution is 2.36. The van der Waals surface area contributed by atoms with Crippen LogP contribution in [0.15, 0.2) is 24.3 Å². The fraction of sp³-hybridized carbons (Fsp3) is 0.636. The van der Waals surface area contributed by atoms with E-state index in [-0.39, 0.29) is 5.92 Å². The van der Waals surface area contributed by atoms with E-state index in [1.165, 1.54) is 0 Å². The fourth-order valence-electron chi connectivity index (χ4n) is 2.33. The summed E-state index contributed by atoms with van der Waals surface area (Å²) in [6, 6.07) is 0. The monoisotopic (exact) mass is 181 g/mol. The number of hydrogen-bond donors (Lipinski definition) is 1. The summed E-state index contributed by atoms with van der Waals surface area (Å²) in [6.07, 6.45) is 8.55. The van der Waals surface area contributed by atoms with E-state index in [9.17, 15) is 4.39 Å². The van der Waals surface area contributed by atoms with Crippen molar-refractivity contribution in [2.24, 2.45) is 11.8 Å². The van der Waals surface area contributed by atoms with Gasteiger partial charge in [0, 0.05) is 5.92 Å². The van der Waals surface area contributed by atoms with Crippen molar-refractivity contribution in [1.82, 2.24) is 5.32 Å². The molecule has 1 aliphatic heterocycles. The molecule has 0 aromatic rings. The molecule has 3 unspecified atom stereocenters. The summed E-state index contributed by atoms with van der Waals surface area (Å²) in [5.74, 6) is 0.531. The molecule has 72 valence electrons. The average molecular weight is 181 g/mol. The van der Waals surface area contributed by atoms with Crippen LogP contribution in [0.3, 0.4) is 0 Å². The molecule has 3 atom stereocenters. The molecule has 2 aliphatic rings. The van der Waals surface area contributed by atoms with E-state index in [4.69, 9.17) is 0 Å². The second-order valence-electron chi connectivity index (χ2n) is 4.17. The Morgan fingerprint density at radius 1 is 1.46 bits per heavy atom. The van der Waals surface area contributed by atoms with E-state index in [1.807, 2.05) is 12.2 Å². The van der Waals surface area contributed by atoms with Crippen molar-refractivity contribution < 1.29 is 4.39 Å². The van der Waals surface area contributed by atoms with Gasteiger partial charge < -0.3 is 5.32 Å². The Bertz CT molecular complexity index is 236. The van der Waals surface area contributed by atoms with Gasteiger partial charge in [-0.2, -0.15) is 0 Å². The first-order valence-corrected chi connectivity index (χ1v) is 4.96. The van der Waals surface area contributed by atoms with Crippen LogP contribution >= 0.6 is 0 Å². The molecule has 2 rings (SSSR count). The third kappa shape index (κ3) is 1.68. The van der Waals surface area contributed by atoms with Crippen LogP contribution in [0.5, 0.6) is 0 Å². The summed E-state index contributed by atoms with van der Waals surface area (Å²) in [7, 11) is 0. The van der Waals surface area contributed by atoms with Crippen LogP contribution in [0.4, 0.5) is 4.39 Å². The Labute approximate surface area is 78.7 Å². The van der Waals surface area contributed by atoms with Crippen molar-refractivity contribution in [3.8, 4) is 0 Å². The Morgan fingerprint density at radius 2 is 2.31 bits per heavy atom. The van der Waals surface area contributed by atoms with Gasteiger partial charge in [0.1, 0.15) is 5.67 Å². The Morgan fingerprint density at radius 3 is 2.92 bits per heavy atom. The van der Waals surface area contributed by atoms with Crippen LogP contribution in [-0.2, 0) is 0 Å². The van der Waals surface area contributed by atoms with E-state index in [0.717, 1.165) is 19.5 Å². The summed E-state index contributed by atoms with van der Waals surface area (Å²) in [4.78, 5) is 0. The molecule has 1 fully saturated rings. The first-order valence-electron chi connectivity index (χ1n) is 4.96. The summed E-state index contributed by atoms with van der Waals surface area (Å²) >= 11 is 0. The molecule has 1 saturated heterocycles. The quantitative estimate of drug-likeness (QED) is 0.653. The molecule has 1 N–H and O–H groups in total. The first-order chi connectivity index (χ1) is 6.20. The van der Waals surface area contributed by atoms with Crippen molar-refractivity contribution in [1.29, 1.82) is 0 Å². The first kappa shape index (κ1) is 8.95. The van der Waals surface area contributed by atoms with Gasteiger partial charge in [-0.15, -0.1) is 0 Å². The predicted molar refractivity (Wildman–Crippen MR) is 52.3 cm³/mol. The van der Waals surface area contributed by atoms with Crippen LogP contribution < -0.4 is 5.32 Å². The molecular weight excluding hydrogens is 165 g/mol. The fourth-order valence-corrected chi connectivity index (χ4v) is 2.33. The minimum atomic E-state index is -1.15. The average Bonchev–Trinajstić information content (AvgIpc) is 2.55. The lowest BCUT2D eigenvalue weighted by atomic mass is 9.77. The summed E-state index contributed by atoms with van der Waals surface area (Å²) < 4.78 is 14.0. The number of alkyl halides is 1. The van der Waals surface area contributed by atoms with Gasteiger partial charge in [0.2, 0.25) is 0 Å². The van der Waals surface area contributed by atoms with Gasteiger partial charge in [-0.3, -0.25) is 0 Å². The predicted octanol–water partition coefficient (Wildman–Crippen LogP) is 2.07. The van der Waals surface area contributed by atoms with Crippen LogP contribution in [0, 0.1) is 11.8 Å². The standard InChI is InChI=1S/C11H16FN/c1-11(12)6-3-2-4-10(11)9-5-7-13-8-9/h2-4,6,9-10,13H,5,7-8H2,1H3. The molecular formula is C11H16FN. The van der Waals surface area contributed by atoms with Crippen LogP contribution in [0.25, 0.3) is 0 Å². The van der Waals surface area contributed by atoms with Crippen LogP contribution in [-0.4, -0.2) is 18.8 Å². The molecule has 2 heteroatoms. The molecule has 0 bridgehead atoms. The lowest BCUT2D eigenvalue weighted by Gasteiger charge is -2.31. The van der Waals surface area contributed by atoms with Gasteiger partial charge in [0.25, 0.3) is 0 Å². The zero-order valence-corrected chi connectivity index (χ0v) is 7.96. The van der Waals surface area contributed by atoms with Crippen LogP contribution in [0.1, 0.15) is 13.3 Å². The smallest absolute Gasteiger partial charge is 0.133 e. The van der Waals surface area contributed by atoms with Gasteiger partial charge in [-0.25, -0.2) is 4.39 Å². The molecule has 0 saturated carbocycles. The maximum atomic E-state index is 14.0.